The number of rotatable bonds is 2. The minimum atomic E-state index is -4.73. The molecule has 0 bridgehead atoms. The summed E-state index contributed by atoms with van der Waals surface area (Å²) >= 11 is 0. The first-order chi connectivity index (χ1) is 8.44. The molecule has 0 radical (unpaired) electrons. The van der Waals surface area contributed by atoms with Crippen molar-refractivity contribution in [2.45, 2.75) is 13.3 Å². The average molecular weight is 254 g/mol. The van der Waals surface area contributed by atoms with Crippen LogP contribution in [0.2, 0.25) is 0 Å². The van der Waals surface area contributed by atoms with Crippen LogP contribution in [0.15, 0.2) is 36.5 Å². The second-order valence-electron chi connectivity index (χ2n) is 3.60. The van der Waals surface area contributed by atoms with Crippen molar-refractivity contribution in [1.82, 2.24) is 9.97 Å². The lowest BCUT2D eigenvalue weighted by Gasteiger charge is -2.08. The maximum atomic E-state index is 11.9. The molecule has 2 aromatic heterocycles. The Morgan fingerprint density at radius 2 is 1.89 bits per heavy atom. The van der Waals surface area contributed by atoms with Gasteiger partial charge in [-0.1, -0.05) is 6.07 Å². The van der Waals surface area contributed by atoms with Crippen molar-refractivity contribution in [2.24, 2.45) is 0 Å². The van der Waals surface area contributed by atoms with Crippen molar-refractivity contribution < 1.29 is 17.9 Å². The van der Waals surface area contributed by atoms with Crippen LogP contribution in [0.4, 0.5) is 13.2 Å². The number of halogens is 3. The Kier molecular flexibility index (Phi) is 3.18. The highest BCUT2D eigenvalue weighted by molar-refractivity contribution is 5.58. The van der Waals surface area contributed by atoms with E-state index >= 15 is 0 Å². The number of ether oxygens (including phenoxy) is 1. The summed E-state index contributed by atoms with van der Waals surface area (Å²) in [5.74, 6) is -0.487. The number of nitrogens with zero attached hydrogens (tertiary/aromatic N) is 2. The van der Waals surface area contributed by atoms with Gasteiger partial charge in [0.15, 0.2) is 0 Å². The zero-order valence-corrected chi connectivity index (χ0v) is 9.40. The molecule has 0 N–H and O–H groups in total. The Morgan fingerprint density at radius 1 is 1.11 bits per heavy atom. The fourth-order valence-electron chi connectivity index (χ4n) is 1.41. The second kappa shape index (κ2) is 4.64. The highest BCUT2D eigenvalue weighted by atomic mass is 19.4. The molecule has 0 saturated heterocycles. The van der Waals surface area contributed by atoms with E-state index in [1.165, 1.54) is 12.3 Å². The molecule has 6 heteroatoms. The van der Waals surface area contributed by atoms with Crippen LogP contribution in [-0.4, -0.2) is 16.3 Å². The van der Waals surface area contributed by atoms with Crippen LogP contribution >= 0.6 is 0 Å². The molecule has 0 unspecified atom stereocenters. The quantitative estimate of drug-likeness (QED) is 0.824. The molecule has 0 fully saturated rings. The summed E-state index contributed by atoms with van der Waals surface area (Å²) < 4.78 is 39.5. The molecular weight excluding hydrogens is 245 g/mol. The summed E-state index contributed by atoms with van der Waals surface area (Å²) in [7, 11) is 0. The zero-order chi connectivity index (χ0) is 13.2. The Balaban J connectivity index is 2.22. The molecule has 0 amide bonds. The molecular formula is C12H9F3N2O. The third-order valence-electron chi connectivity index (χ3n) is 2.14. The van der Waals surface area contributed by atoms with Crippen molar-refractivity contribution in [3.8, 4) is 17.1 Å². The molecule has 0 atom stereocenters. The molecule has 2 rings (SSSR count). The fourth-order valence-corrected chi connectivity index (χ4v) is 1.41. The molecule has 2 heterocycles. The smallest absolute Gasteiger partial charge is 0.388 e. The van der Waals surface area contributed by atoms with Gasteiger partial charge in [-0.05, 0) is 25.1 Å². The molecule has 0 aliphatic rings. The minimum Gasteiger partial charge on any atom is -0.388 e. The number of pyridine rings is 2. The second-order valence-corrected chi connectivity index (χ2v) is 3.60. The summed E-state index contributed by atoms with van der Waals surface area (Å²) in [5.41, 5.74) is 2.11. The molecule has 94 valence electrons. The predicted octanol–water partition coefficient (Wildman–Crippen LogP) is 3.35. The first-order valence-electron chi connectivity index (χ1n) is 5.10. The Labute approximate surface area is 101 Å². The van der Waals surface area contributed by atoms with Gasteiger partial charge in [-0.3, -0.25) is 4.98 Å². The summed E-state index contributed by atoms with van der Waals surface area (Å²) in [5, 5.41) is 0. The molecule has 0 aliphatic carbocycles. The fraction of sp³-hybridized carbons (Fsp3) is 0.167. The summed E-state index contributed by atoms with van der Waals surface area (Å²) in [6.07, 6.45) is -3.43. The Hall–Kier alpha value is -2.11. The van der Waals surface area contributed by atoms with Gasteiger partial charge in [-0.2, -0.15) is 0 Å². The van der Waals surface area contributed by atoms with Gasteiger partial charge in [-0.25, -0.2) is 4.98 Å². The van der Waals surface area contributed by atoms with Gasteiger partial charge in [0.25, 0.3) is 0 Å². The normalized spacial score (nSPS) is 11.3. The standard InChI is InChI=1S/C12H9F3N2O/c1-8-3-2-4-10(17-8)9-5-6-11(16-7-9)18-12(13,14)15/h2-7H,1H3. The lowest BCUT2D eigenvalue weighted by atomic mass is 10.2. The van der Waals surface area contributed by atoms with Crippen molar-refractivity contribution in [3.63, 3.8) is 0 Å². The highest BCUT2D eigenvalue weighted by Crippen LogP contribution is 2.23. The number of alkyl halides is 3. The lowest BCUT2D eigenvalue weighted by Crippen LogP contribution is -2.17. The van der Waals surface area contributed by atoms with Crippen molar-refractivity contribution >= 4 is 0 Å². The molecule has 0 aliphatic heterocycles. The molecule has 3 nitrogen and oxygen atoms in total. The number of aryl methyl sites for hydroxylation is 1. The van der Waals surface area contributed by atoms with E-state index < -0.39 is 12.2 Å². The molecule has 0 spiro atoms. The first kappa shape index (κ1) is 12.3. The topological polar surface area (TPSA) is 35.0 Å². The van der Waals surface area contributed by atoms with E-state index in [1.807, 2.05) is 19.1 Å². The van der Waals surface area contributed by atoms with Gasteiger partial charge in [0.05, 0.1) is 5.69 Å². The zero-order valence-electron chi connectivity index (χ0n) is 9.40. The largest absolute Gasteiger partial charge is 0.574 e. The van der Waals surface area contributed by atoms with E-state index in [0.717, 1.165) is 11.8 Å². The van der Waals surface area contributed by atoms with Gasteiger partial charge in [0.2, 0.25) is 5.88 Å². The minimum absolute atomic E-state index is 0.487. The van der Waals surface area contributed by atoms with Crippen LogP contribution in [0.1, 0.15) is 5.69 Å². The molecule has 2 aromatic rings. The van der Waals surface area contributed by atoms with Crippen LogP contribution in [-0.2, 0) is 0 Å². The van der Waals surface area contributed by atoms with Crippen molar-refractivity contribution in [1.29, 1.82) is 0 Å². The number of hydrogen-bond acceptors (Lipinski definition) is 3. The Morgan fingerprint density at radius 3 is 2.44 bits per heavy atom. The van der Waals surface area contributed by atoms with E-state index in [9.17, 15) is 13.2 Å². The van der Waals surface area contributed by atoms with Crippen LogP contribution in [0.5, 0.6) is 5.88 Å². The van der Waals surface area contributed by atoms with Crippen LogP contribution in [0.25, 0.3) is 11.3 Å². The predicted molar refractivity (Wildman–Crippen MR) is 58.9 cm³/mol. The van der Waals surface area contributed by atoms with Crippen molar-refractivity contribution in [3.05, 3.63) is 42.2 Å². The summed E-state index contributed by atoms with van der Waals surface area (Å²) in [6.45, 7) is 1.83. The lowest BCUT2D eigenvalue weighted by molar-refractivity contribution is -0.276. The van der Waals surface area contributed by atoms with E-state index in [-0.39, 0.29) is 0 Å². The summed E-state index contributed by atoms with van der Waals surface area (Å²) in [4.78, 5) is 7.83. The Bertz CT molecular complexity index is 538. The molecule has 18 heavy (non-hydrogen) atoms. The SMILES string of the molecule is Cc1cccc(-c2ccc(OC(F)(F)F)nc2)n1. The third kappa shape index (κ3) is 3.19. The van der Waals surface area contributed by atoms with Gasteiger partial charge in [-0.15, -0.1) is 13.2 Å². The van der Waals surface area contributed by atoms with E-state index in [0.29, 0.717) is 11.3 Å². The average Bonchev–Trinajstić information content (AvgIpc) is 2.28. The van der Waals surface area contributed by atoms with Gasteiger partial charge in [0, 0.05) is 23.5 Å². The monoisotopic (exact) mass is 254 g/mol. The van der Waals surface area contributed by atoms with Crippen molar-refractivity contribution in [2.75, 3.05) is 0 Å². The molecule has 0 saturated carbocycles. The number of hydrogen-bond donors (Lipinski definition) is 0. The van der Waals surface area contributed by atoms with E-state index in [1.54, 1.807) is 6.07 Å². The van der Waals surface area contributed by atoms with Gasteiger partial charge < -0.3 is 4.74 Å². The highest BCUT2D eigenvalue weighted by Gasteiger charge is 2.31. The van der Waals surface area contributed by atoms with E-state index in [2.05, 4.69) is 14.7 Å². The van der Waals surface area contributed by atoms with Crippen LogP contribution < -0.4 is 4.74 Å². The van der Waals surface area contributed by atoms with Crippen LogP contribution in [0, 0.1) is 6.92 Å². The third-order valence-corrected chi connectivity index (χ3v) is 2.14. The maximum absolute atomic E-state index is 11.9. The molecule has 0 aromatic carbocycles. The van der Waals surface area contributed by atoms with Crippen LogP contribution in [0.3, 0.4) is 0 Å². The van der Waals surface area contributed by atoms with Gasteiger partial charge in [0.1, 0.15) is 0 Å². The first-order valence-corrected chi connectivity index (χ1v) is 5.10. The summed E-state index contributed by atoms with van der Waals surface area (Å²) in [6, 6.07) is 8.05. The van der Waals surface area contributed by atoms with Gasteiger partial charge >= 0.3 is 6.36 Å². The van der Waals surface area contributed by atoms with E-state index in [4.69, 9.17) is 0 Å². The maximum Gasteiger partial charge on any atom is 0.574 e. The number of aromatic nitrogens is 2.